The maximum Gasteiger partial charge on any atom is 0.136 e. The first-order valence-corrected chi connectivity index (χ1v) is 14.3. The number of hydrogen-bond acceptors (Lipinski definition) is 1. The molecule has 0 saturated heterocycles. The van der Waals surface area contributed by atoms with E-state index in [4.69, 9.17) is 4.42 Å². The summed E-state index contributed by atoms with van der Waals surface area (Å²) in [4.78, 5) is 3.74. The Labute approximate surface area is 242 Å². The maximum absolute atomic E-state index is 6.17. The number of hydrogen-bond donors (Lipinski definition) is 1. The van der Waals surface area contributed by atoms with Gasteiger partial charge in [0.15, 0.2) is 0 Å². The van der Waals surface area contributed by atoms with Gasteiger partial charge in [0.1, 0.15) is 11.2 Å². The van der Waals surface area contributed by atoms with E-state index in [-0.39, 0.29) is 0 Å². The van der Waals surface area contributed by atoms with Crippen LogP contribution < -0.4 is 0 Å². The molecule has 42 heavy (non-hydrogen) atoms. The Balaban J connectivity index is 1.14. The maximum atomic E-state index is 6.17. The summed E-state index contributed by atoms with van der Waals surface area (Å²) in [7, 11) is 0. The van der Waals surface area contributed by atoms with E-state index >= 15 is 0 Å². The fraction of sp³-hybridized carbons (Fsp3) is 0. The number of aromatic amines is 1. The Morgan fingerprint density at radius 2 is 1.05 bits per heavy atom. The van der Waals surface area contributed by atoms with Gasteiger partial charge in [0.2, 0.25) is 0 Å². The molecule has 9 rings (SSSR count). The lowest BCUT2D eigenvalue weighted by atomic mass is 9.95. The van der Waals surface area contributed by atoms with E-state index in [9.17, 15) is 0 Å². The van der Waals surface area contributed by atoms with Gasteiger partial charge in [-0.25, -0.2) is 0 Å². The first kappa shape index (κ1) is 23.1. The summed E-state index contributed by atoms with van der Waals surface area (Å²) in [5.74, 6) is 0. The number of H-pyrrole nitrogens is 1. The van der Waals surface area contributed by atoms with Gasteiger partial charge in [0.05, 0.1) is 5.52 Å². The van der Waals surface area contributed by atoms with Crippen LogP contribution in [0.1, 0.15) is 0 Å². The van der Waals surface area contributed by atoms with Crippen LogP contribution in [0.3, 0.4) is 0 Å². The number of para-hydroxylation sites is 2. The van der Waals surface area contributed by atoms with Crippen molar-refractivity contribution in [3.05, 3.63) is 146 Å². The van der Waals surface area contributed by atoms with Crippen molar-refractivity contribution in [3.63, 3.8) is 0 Å². The zero-order chi connectivity index (χ0) is 27.6. The van der Waals surface area contributed by atoms with Crippen LogP contribution in [0.4, 0.5) is 0 Å². The van der Waals surface area contributed by atoms with Gasteiger partial charge in [-0.3, -0.25) is 0 Å². The number of rotatable bonds is 3. The van der Waals surface area contributed by atoms with E-state index < -0.39 is 0 Å². The van der Waals surface area contributed by atoms with Crippen LogP contribution in [0.2, 0.25) is 0 Å². The molecule has 1 N–H and O–H groups in total. The highest BCUT2D eigenvalue weighted by Crippen LogP contribution is 2.38. The molecule has 0 aliphatic heterocycles. The second kappa shape index (κ2) is 8.95. The number of benzene rings is 7. The first-order chi connectivity index (χ1) is 20.8. The molecule has 7 aromatic carbocycles. The number of furan rings is 1. The van der Waals surface area contributed by atoms with Gasteiger partial charge < -0.3 is 9.40 Å². The van der Waals surface area contributed by atoms with Gasteiger partial charge in [-0.05, 0) is 75.0 Å². The Morgan fingerprint density at radius 1 is 0.405 bits per heavy atom. The van der Waals surface area contributed by atoms with Gasteiger partial charge in [-0.2, -0.15) is 0 Å². The van der Waals surface area contributed by atoms with Crippen molar-refractivity contribution in [1.29, 1.82) is 0 Å². The third-order valence-electron chi connectivity index (χ3n) is 8.60. The molecule has 0 unspecified atom stereocenters. The normalized spacial score (nSPS) is 11.8. The van der Waals surface area contributed by atoms with Crippen LogP contribution in [0.25, 0.3) is 87.9 Å². The summed E-state index contributed by atoms with van der Waals surface area (Å²) < 4.78 is 6.17. The van der Waals surface area contributed by atoms with Gasteiger partial charge in [-0.15, -0.1) is 0 Å². The molecule has 0 fully saturated rings. The molecule has 0 saturated carbocycles. The average Bonchev–Trinajstić information content (AvgIpc) is 3.63. The quantitative estimate of drug-likeness (QED) is 0.239. The monoisotopic (exact) mass is 535 g/mol. The van der Waals surface area contributed by atoms with Gasteiger partial charge in [0, 0.05) is 32.6 Å². The lowest BCUT2D eigenvalue weighted by molar-refractivity contribution is 0.669. The van der Waals surface area contributed by atoms with Crippen molar-refractivity contribution in [1.82, 2.24) is 4.98 Å². The number of fused-ring (bicyclic) bond motifs is 8. The third-order valence-corrected chi connectivity index (χ3v) is 8.60. The summed E-state index contributed by atoms with van der Waals surface area (Å²) in [6, 6.07) is 52.1. The Morgan fingerprint density at radius 3 is 1.90 bits per heavy atom. The molecule has 0 aliphatic carbocycles. The molecular weight excluding hydrogens is 510 g/mol. The van der Waals surface area contributed by atoms with Crippen molar-refractivity contribution in [2.24, 2.45) is 0 Å². The molecule has 0 amide bonds. The second-order valence-corrected chi connectivity index (χ2v) is 11.0. The van der Waals surface area contributed by atoms with Gasteiger partial charge >= 0.3 is 0 Å². The topological polar surface area (TPSA) is 28.9 Å². The Bertz CT molecular complexity index is 2470. The highest BCUT2D eigenvalue weighted by atomic mass is 16.3. The van der Waals surface area contributed by atoms with Crippen LogP contribution in [0.15, 0.2) is 150 Å². The minimum absolute atomic E-state index is 0.917. The molecule has 0 bridgehead atoms. The molecule has 0 aliphatic rings. The molecule has 0 spiro atoms. The van der Waals surface area contributed by atoms with Crippen LogP contribution in [-0.4, -0.2) is 4.98 Å². The Hall–Kier alpha value is -5.60. The molecule has 9 aromatic rings. The molecule has 0 atom stereocenters. The van der Waals surface area contributed by atoms with Crippen molar-refractivity contribution >= 4 is 54.5 Å². The average molecular weight is 536 g/mol. The number of aromatic nitrogens is 1. The van der Waals surface area contributed by atoms with Crippen molar-refractivity contribution in [2.45, 2.75) is 0 Å². The van der Waals surface area contributed by atoms with Crippen molar-refractivity contribution in [2.75, 3.05) is 0 Å². The minimum atomic E-state index is 0.917. The molecule has 2 heterocycles. The fourth-order valence-corrected chi connectivity index (χ4v) is 6.59. The minimum Gasteiger partial charge on any atom is -0.456 e. The summed E-state index contributed by atoms with van der Waals surface area (Å²) in [5.41, 5.74) is 11.3. The standard InChI is InChI=1S/C40H25NO/c1-2-13-31-25(8-1)19-21-36-39(31)35-16-7-15-32(40(35)41-36)30-12-6-11-28(23-30)26-9-5-10-27(22-26)29-18-20-34-33-14-3-4-17-37(33)42-38(34)24-29/h1-24,41H. The van der Waals surface area contributed by atoms with E-state index in [0.717, 1.165) is 27.5 Å². The Kier molecular flexibility index (Phi) is 4.93. The highest BCUT2D eigenvalue weighted by molar-refractivity contribution is 6.22. The SMILES string of the molecule is c1cc(-c2cccc(-c3cccc4c3[nH]c3ccc5ccccc5c34)c2)cc(-c2ccc3c(c2)oc2ccccc23)c1. The molecule has 2 heteroatoms. The lowest BCUT2D eigenvalue weighted by Gasteiger charge is -2.09. The van der Waals surface area contributed by atoms with Crippen molar-refractivity contribution < 1.29 is 4.42 Å². The predicted molar refractivity (Wildman–Crippen MR) is 177 cm³/mol. The molecule has 2 nitrogen and oxygen atoms in total. The first-order valence-electron chi connectivity index (χ1n) is 14.3. The second-order valence-electron chi connectivity index (χ2n) is 11.0. The fourth-order valence-electron chi connectivity index (χ4n) is 6.59. The summed E-state index contributed by atoms with van der Waals surface area (Å²) in [6.07, 6.45) is 0. The highest BCUT2D eigenvalue weighted by Gasteiger charge is 2.13. The van der Waals surface area contributed by atoms with Crippen LogP contribution >= 0.6 is 0 Å². The van der Waals surface area contributed by atoms with E-state index in [1.54, 1.807) is 0 Å². The van der Waals surface area contributed by atoms with Gasteiger partial charge in [-0.1, -0.05) is 109 Å². The van der Waals surface area contributed by atoms with Crippen molar-refractivity contribution in [3.8, 4) is 33.4 Å². The molecule has 196 valence electrons. The summed E-state index contributed by atoms with van der Waals surface area (Å²) in [6.45, 7) is 0. The van der Waals surface area contributed by atoms with Crippen LogP contribution in [0.5, 0.6) is 0 Å². The lowest BCUT2D eigenvalue weighted by Crippen LogP contribution is -1.85. The summed E-state index contributed by atoms with van der Waals surface area (Å²) in [5, 5.41) is 7.39. The van der Waals surface area contributed by atoms with E-state index in [1.807, 2.05) is 12.1 Å². The van der Waals surface area contributed by atoms with E-state index in [2.05, 4.69) is 138 Å². The van der Waals surface area contributed by atoms with E-state index in [1.165, 1.54) is 60.4 Å². The zero-order valence-electron chi connectivity index (χ0n) is 22.8. The largest absolute Gasteiger partial charge is 0.456 e. The molecule has 2 aromatic heterocycles. The third kappa shape index (κ3) is 3.52. The van der Waals surface area contributed by atoms with Crippen LogP contribution in [-0.2, 0) is 0 Å². The van der Waals surface area contributed by atoms with E-state index in [0.29, 0.717) is 0 Å². The van der Waals surface area contributed by atoms with Gasteiger partial charge in [0.25, 0.3) is 0 Å². The van der Waals surface area contributed by atoms with Crippen LogP contribution in [0, 0.1) is 0 Å². The summed E-state index contributed by atoms with van der Waals surface area (Å²) >= 11 is 0. The smallest absolute Gasteiger partial charge is 0.136 e. The zero-order valence-corrected chi connectivity index (χ0v) is 22.8. The number of nitrogens with one attached hydrogen (secondary N) is 1. The molecule has 0 radical (unpaired) electrons. The predicted octanol–water partition coefficient (Wildman–Crippen LogP) is 11.4. The molecular formula is C40H25NO.